The summed E-state index contributed by atoms with van der Waals surface area (Å²) in [6.07, 6.45) is 2.71. The van der Waals surface area contributed by atoms with Crippen LogP contribution < -0.4 is 4.90 Å². The van der Waals surface area contributed by atoms with E-state index in [2.05, 4.69) is 29.1 Å². The van der Waals surface area contributed by atoms with Crippen LogP contribution in [0.1, 0.15) is 60.6 Å². The third kappa shape index (κ3) is 7.18. The lowest BCUT2D eigenvalue weighted by molar-refractivity contribution is -0.165. The molecule has 3 amide bonds. The Bertz CT molecular complexity index is 1900. The van der Waals surface area contributed by atoms with Gasteiger partial charge in [-0.25, -0.2) is 0 Å². The Labute approximate surface area is 331 Å². The van der Waals surface area contributed by atoms with E-state index in [1.807, 2.05) is 99.6 Å². The summed E-state index contributed by atoms with van der Waals surface area (Å²) >= 11 is 3.78. The highest BCUT2D eigenvalue weighted by molar-refractivity contribution is 9.09. The molecule has 3 heterocycles. The number of likely N-dealkylation sites (N-methyl/N-ethyl adjacent to an activating group) is 1. The molecule has 0 radical (unpaired) electrons. The number of fused-ring (bicyclic) bond motifs is 1. The number of hydrogen-bond acceptors (Lipinski definition) is 7. The van der Waals surface area contributed by atoms with Crippen LogP contribution in [0.4, 0.5) is 5.69 Å². The molecule has 0 aromatic heterocycles. The Hall–Kier alpha value is -4.58. The molecule has 3 aliphatic heterocycles. The van der Waals surface area contributed by atoms with Crippen molar-refractivity contribution in [2.75, 3.05) is 25.1 Å². The smallest absolute Gasteiger partial charge is 0.313 e. The van der Waals surface area contributed by atoms with Crippen molar-refractivity contribution in [3.63, 3.8) is 0 Å². The van der Waals surface area contributed by atoms with Crippen LogP contribution in [0.15, 0.2) is 104 Å². The molecule has 0 aliphatic carbocycles. The van der Waals surface area contributed by atoms with Crippen LogP contribution in [-0.2, 0) is 28.7 Å². The Kier molecular flexibility index (Phi) is 12.1. The maximum Gasteiger partial charge on any atom is 0.313 e. The second-order valence-electron chi connectivity index (χ2n) is 14.8. The average molecular weight is 813 g/mol. The summed E-state index contributed by atoms with van der Waals surface area (Å²) in [5.41, 5.74) is 2.33. The minimum atomic E-state index is -1.43. The van der Waals surface area contributed by atoms with Crippen molar-refractivity contribution in [1.82, 2.24) is 9.80 Å². The quantitative estimate of drug-likeness (QED) is 0.107. The number of nitrogens with zero attached hydrogens (tertiary/aromatic N) is 3. The molecule has 3 aromatic rings. The molecule has 11 heteroatoms. The van der Waals surface area contributed by atoms with E-state index >= 15 is 9.59 Å². The van der Waals surface area contributed by atoms with Gasteiger partial charge in [0.05, 0.1) is 36.6 Å². The molecule has 9 atom stereocenters. The number of alkyl halides is 1. The maximum absolute atomic E-state index is 15.4. The number of amides is 3. The van der Waals surface area contributed by atoms with Gasteiger partial charge in [0.2, 0.25) is 11.8 Å². The first-order valence-corrected chi connectivity index (χ1v) is 19.7. The molecule has 3 aliphatic rings. The van der Waals surface area contributed by atoms with Gasteiger partial charge in [-0.2, -0.15) is 0 Å². The molecule has 290 valence electrons. The molecule has 1 N–H and O–H groups in total. The minimum absolute atomic E-state index is 0.126. The molecule has 6 rings (SSSR count). The number of aliphatic hydroxyl groups excluding tert-OH is 1. The van der Waals surface area contributed by atoms with E-state index in [1.54, 1.807) is 29.0 Å². The van der Waals surface area contributed by atoms with E-state index in [9.17, 15) is 14.7 Å². The van der Waals surface area contributed by atoms with Gasteiger partial charge in [-0.15, -0.1) is 13.2 Å². The Morgan fingerprint density at radius 3 is 2.20 bits per heavy atom. The van der Waals surface area contributed by atoms with Crippen LogP contribution in [0.5, 0.6) is 0 Å². The molecule has 10 nitrogen and oxygen atoms in total. The highest BCUT2D eigenvalue weighted by atomic mass is 79.9. The number of allylic oxidation sites excluding steroid dienone is 1. The largest absolute Gasteiger partial charge is 0.455 e. The summed E-state index contributed by atoms with van der Waals surface area (Å²) in [4.78, 5) is 62.8. The van der Waals surface area contributed by atoms with Crippen molar-refractivity contribution < 1.29 is 33.8 Å². The Morgan fingerprint density at radius 2 is 1.62 bits per heavy atom. The molecular formula is C44H50BrN3O7. The number of para-hydroxylation sites is 1. The minimum Gasteiger partial charge on any atom is -0.455 e. The van der Waals surface area contributed by atoms with Gasteiger partial charge >= 0.3 is 5.97 Å². The second-order valence-corrected chi connectivity index (χ2v) is 16.0. The summed E-state index contributed by atoms with van der Waals surface area (Å²) in [5, 5.41) is 11.0. The SMILES string of the molecule is C=CCCC(=O)N(C)[C@@H](C)[C@@H](OC(=O)[C@H]1[C@@H]2O[C@@]3(CC2Br)[C@@H]1C(=O)N([C@H](CO)c1ccccc1)[C@@H]3C(=O)N(CC=C)c1c(C)cccc1C)c1ccccc1. The zero-order chi connectivity index (χ0) is 39.6. The van der Waals surface area contributed by atoms with Crippen molar-refractivity contribution in [3.8, 4) is 0 Å². The van der Waals surface area contributed by atoms with Gasteiger partial charge in [-0.3, -0.25) is 19.2 Å². The number of carbonyl (C=O) groups is 4. The zero-order valence-corrected chi connectivity index (χ0v) is 33.4. The van der Waals surface area contributed by atoms with E-state index in [1.165, 1.54) is 4.90 Å². The number of ether oxygens (including phenoxy) is 2. The highest BCUT2D eigenvalue weighted by Crippen LogP contribution is 2.62. The molecule has 2 bridgehead atoms. The van der Waals surface area contributed by atoms with E-state index in [0.717, 1.165) is 11.1 Å². The van der Waals surface area contributed by atoms with Crippen LogP contribution in [0.3, 0.4) is 0 Å². The van der Waals surface area contributed by atoms with Gasteiger partial charge in [0.25, 0.3) is 5.91 Å². The van der Waals surface area contributed by atoms with Gasteiger partial charge in [0.1, 0.15) is 17.7 Å². The van der Waals surface area contributed by atoms with Gasteiger partial charge in [0, 0.05) is 30.5 Å². The first kappa shape index (κ1) is 40.1. The number of esters is 1. The van der Waals surface area contributed by atoms with E-state index < -0.39 is 77.0 Å². The third-order valence-electron chi connectivity index (χ3n) is 11.6. The van der Waals surface area contributed by atoms with E-state index in [0.29, 0.717) is 23.2 Å². The Balaban J connectivity index is 1.44. The second kappa shape index (κ2) is 16.6. The van der Waals surface area contributed by atoms with Crippen LogP contribution in [0, 0.1) is 25.7 Å². The first-order valence-electron chi connectivity index (χ1n) is 18.8. The topological polar surface area (TPSA) is 117 Å². The summed E-state index contributed by atoms with van der Waals surface area (Å²) in [6, 6.07) is 21.4. The molecule has 1 spiro atoms. The van der Waals surface area contributed by atoms with E-state index in [4.69, 9.17) is 9.47 Å². The summed E-state index contributed by atoms with van der Waals surface area (Å²) in [5.74, 6) is -3.83. The van der Waals surface area contributed by atoms with Crippen LogP contribution in [0.25, 0.3) is 0 Å². The molecule has 0 saturated carbocycles. The molecule has 1 unspecified atom stereocenters. The van der Waals surface area contributed by atoms with Crippen molar-refractivity contribution in [2.24, 2.45) is 11.8 Å². The fourth-order valence-corrected chi connectivity index (χ4v) is 9.85. The summed E-state index contributed by atoms with van der Waals surface area (Å²) in [6.45, 7) is 13.0. The predicted molar refractivity (Wildman–Crippen MR) is 214 cm³/mol. The van der Waals surface area contributed by atoms with Gasteiger partial charge in [-0.1, -0.05) is 107 Å². The number of aliphatic hydroxyl groups is 1. The van der Waals surface area contributed by atoms with Crippen LogP contribution >= 0.6 is 15.9 Å². The molecule has 55 heavy (non-hydrogen) atoms. The normalized spacial score (nSPS) is 25.5. The molecular weight excluding hydrogens is 762 g/mol. The fraction of sp³-hybridized carbons (Fsp3) is 0.409. The predicted octanol–water partition coefficient (Wildman–Crippen LogP) is 6.40. The average Bonchev–Trinajstić information content (AvgIpc) is 3.79. The standard InChI is InChI=1S/C44H50BrN3O7/c1-7-9-23-34(50)46(6)29(5)38(31-21-14-11-15-22-31)54-43(53)35-36-41(51)48(33(26-49)30-19-12-10-13-20-30)40(44(36)25-32(45)39(35)55-44)42(52)47(24-8-2)37-27(3)17-16-18-28(37)4/h7-8,10-22,29,32-33,35-36,38-40,49H,1-2,9,23-26H2,3-6H3/t29-,32?,33+,35+,36-,38+,39+,40+,44-/m0/s1. The fourth-order valence-electron chi connectivity index (χ4n) is 8.90. The number of rotatable bonds is 15. The van der Waals surface area contributed by atoms with Gasteiger partial charge in [0.15, 0.2) is 0 Å². The number of halogens is 1. The van der Waals surface area contributed by atoms with Crippen LogP contribution in [-0.4, -0.2) is 87.4 Å². The van der Waals surface area contributed by atoms with Crippen molar-refractivity contribution in [1.29, 1.82) is 0 Å². The van der Waals surface area contributed by atoms with Crippen molar-refractivity contribution in [3.05, 3.63) is 126 Å². The first-order chi connectivity index (χ1) is 26.4. The molecule has 3 saturated heterocycles. The monoisotopic (exact) mass is 811 g/mol. The zero-order valence-electron chi connectivity index (χ0n) is 31.8. The van der Waals surface area contributed by atoms with Crippen molar-refractivity contribution >= 4 is 45.3 Å². The van der Waals surface area contributed by atoms with E-state index in [-0.39, 0.29) is 25.3 Å². The lowest BCUT2D eigenvalue weighted by Crippen LogP contribution is -2.58. The maximum atomic E-state index is 15.4. The highest BCUT2D eigenvalue weighted by Gasteiger charge is 2.78. The number of anilines is 1. The number of hydrogen-bond donors (Lipinski definition) is 1. The van der Waals surface area contributed by atoms with Gasteiger partial charge in [-0.05, 0) is 55.9 Å². The summed E-state index contributed by atoms with van der Waals surface area (Å²) in [7, 11) is 1.68. The van der Waals surface area contributed by atoms with Gasteiger partial charge < -0.3 is 29.3 Å². The van der Waals surface area contributed by atoms with Crippen molar-refractivity contribution in [2.45, 2.75) is 80.8 Å². The lowest BCUT2D eigenvalue weighted by Gasteiger charge is -2.40. The van der Waals surface area contributed by atoms with Crippen LogP contribution in [0.2, 0.25) is 0 Å². The number of likely N-dealkylation sites (tertiary alicyclic amines) is 1. The lowest BCUT2D eigenvalue weighted by atomic mass is 9.70. The number of benzene rings is 3. The molecule has 3 aromatic carbocycles. The summed E-state index contributed by atoms with van der Waals surface area (Å²) < 4.78 is 13.3. The number of aryl methyl sites for hydroxylation is 2. The Morgan fingerprint density at radius 1 is 1.00 bits per heavy atom. The third-order valence-corrected chi connectivity index (χ3v) is 12.4. The number of carbonyl (C=O) groups excluding carboxylic acids is 4. The molecule has 3 fully saturated rings.